The molecule has 1 amide bonds. The van der Waals surface area contributed by atoms with Crippen molar-refractivity contribution in [2.24, 2.45) is 17.3 Å². The Hall–Kier alpha value is -2.44. The third-order valence-corrected chi connectivity index (χ3v) is 4.49. The minimum atomic E-state index is -4.88. The molecule has 0 saturated heterocycles. The molecule has 0 unspecified atom stereocenters. The van der Waals surface area contributed by atoms with Gasteiger partial charge in [-0.05, 0) is 12.8 Å². The van der Waals surface area contributed by atoms with Crippen LogP contribution < -0.4 is 32.6 Å². The summed E-state index contributed by atoms with van der Waals surface area (Å²) in [5.74, 6) is -1.01. The van der Waals surface area contributed by atoms with Crippen molar-refractivity contribution in [1.82, 2.24) is 19.7 Å². The summed E-state index contributed by atoms with van der Waals surface area (Å²) in [6.07, 6.45) is 4.89. The number of hydrogen-bond acceptors (Lipinski definition) is 5. The molecule has 0 radical (unpaired) electrons. The van der Waals surface area contributed by atoms with Gasteiger partial charge in [0, 0.05) is 18.2 Å². The number of nitrogens with two attached hydrogens (primary N) is 1. The van der Waals surface area contributed by atoms with E-state index in [1.807, 2.05) is 5.32 Å². The molecule has 13 heteroatoms. The molecule has 2 aromatic rings. The van der Waals surface area contributed by atoms with Crippen LogP contribution in [-0.2, 0) is 24.9 Å². The van der Waals surface area contributed by atoms with E-state index in [0.29, 0.717) is 30.4 Å². The Morgan fingerprint density at radius 2 is 1.97 bits per heavy atom. The molecular formula is C18H28BrF3N8O. The summed E-state index contributed by atoms with van der Waals surface area (Å²) in [6, 6.07) is 0. The number of anilines is 1. The summed E-state index contributed by atoms with van der Waals surface area (Å²) in [4.78, 5) is 10.8. The van der Waals surface area contributed by atoms with Gasteiger partial charge in [-0.3, -0.25) is 4.79 Å². The van der Waals surface area contributed by atoms with E-state index in [0.717, 1.165) is 25.8 Å². The van der Waals surface area contributed by atoms with Crippen molar-refractivity contribution in [3.05, 3.63) is 18.6 Å². The van der Waals surface area contributed by atoms with Crippen molar-refractivity contribution < 1.29 is 39.5 Å². The van der Waals surface area contributed by atoms with E-state index in [2.05, 4.69) is 22.3 Å². The number of unbranched alkanes of at least 4 members (excludes halogenated alkanes) is 3. The number of halogens is 4. The number of hydrogen-bond donors (Lipinski definition) is 2. The quantitative estimate of drug-likeness (QED) is 0.256. The van der Waals surface area contributed by atoms with Crippen LogP contribution in [0.25, 0.3) is 0 Å². The summed E-state index contributed by atoms with van der Waals surface area (Å²) in [7, 11) is 1.77. The number of rotatable bonds is 11. The Morgan fingerprint density at radius 1 is 1.23 bits per heavy atom. The number of nitrogens with one attached hydrogen (secondary N) is 1. The molecule has 0 fully saturated rings. The first-order valence-electron chi connectivity index (χ1n) is 9.86. The number of alkyl halides is 3. The average molecular weight is 509 g/mol. The molecule has 0 spiro atoms. The number of amides is 1. The SMILES string of the molecule is CCCCCCn1ncc(/N=N/c2n(CCCNC(=O)C(F)(F)F)cc[n+]2C)c1N.[Br-]. The highest BCUT2D eigenvalue weighted by atomic mass is 79.9. The number of aromatic nitrogens is 4. The third kappa shape index (κ3) is 7.96. The number of aryl methyl sites for hydroxylation is 3. The number of imidazole rings is 1. The molecule has 0 aliphatic carbocycles. The molecule has 0 saturated carbocycles. The van der Waals surface area contributed by atoms with Crippen LogP contribution in [0.1, 0.15) is 39.0 Å². The van der Waals surface area contributed by atoms with E-state index in [9.17, 15) is 18.0 Å². The number of carbonyl (C=O) groups is 1. The fourth-order valence-corrected chi connectivity index (χ4v) is 2.80. The molecule has 0 atom stereocenters. The number of carbonyl (C=O) groups excluding carboxylic acids is 1. The molecule has 0 aliphatic rings. The molecule has 0 aromatic carbocycles. The van der Waals surface area contributed by atoms with Crippen LogP contribution in [0.15, 0.2) is 28.8 Å². The van der Waals surface area contributed by atoms with E-state index in [-0.39, 0.29) is 23.5 Å². The van der Waals surface area contributed by atoms with Gasteiger partial charge in [0.1, 0.15) is 0 Å². The standard InChI is InChI=1S/C18H27F3N8O.BrH/c1-3-4-5-6-10-29-15(22)14(13-24-29)25-26-17-27(2)11-12-28(17)9-7-8-23-16(30)18(19,20)21;/h11-13,22H,3-10H2,1-2H3,(H,23,30);1H. The molecular weight excluding hydrogens is 481 g/mol. The first-order valence-corrected chi connectivity index (χ1v) is 9.86. The first kappa shape index (κ1) is 26.6. The second-order valence-electron chi connectivity index (χ2n) is 6.91. The number of nitrogens with zero attached hydrogens (tertiary/aromatic N) is 6. The van der Waals surface area contributed by atoms with Crippen molar-refractivity contribution in [2.75, 3.05) is 12.3 Å². The molecule has 0 aliphatic heterocycles. The van der Waals surface area contributed by atoms with Gasteiger partial charge in [0.25, 0.3) is 0 Å². The summed E-state index contributed by atoms with van der Waals surface area (Å²) >= 11 is 0. The summed E-state index contributed by atoms with van der Waals surface area (Å²) in [5.41, 5.74) is 6.55. The molecule has 0 bridgehead atoms. The fraction of sp³-hybridized carbons (Fsp3) is 0.611. The van der Waals surface area contributed by atoms with Crippen LogP contribution in [0.5, 0.6) is 0 Å². The van der Waals surface area contributed by atoms with Crippen LogP contribution in [0.2, 0.25) is 0 Å². The topological polar surface area (TPSA) is 106 Å². The van der Waals surface area contributed by atoms with Gasteiger partial charge in [0.2, 0.25) is 0 Å². The molecule has 2 heterocycles. The summed E-state index contributed by atoms with van der Waals surface area (Å²) in [6.45, 7) is 3.12. The average Bonchev–Trinajstić information content (AvgIpc) is 3.22. The van der Waals surface area contributed by atoms with E-state index in [1.54, 1.807) is 39.5 Å². The Bertz CT molecular complexity index is 863. The smallest absolute Gasteiger partial charge is 0.471 e. The maximum Gasteiger partial charge on any atom is 0.471 e. The lowest BCUT2D eigenvalue weighted by Crippen LogP contribution is -3.00. The van der Waals surface area contributed by atoms with E-state index < -0.39 is 12.1 Å². The zero-order chi connectivity index (χ0) is 22.1. The second-order valence-corrected chi connectivity index (χ2v) is 6.91. The second kappa shape index (κ2) is 12.4. The largest absolute Gasteiger partial charge is 1.00 e. The summed E-state index contributed by atoms with van der Waals surface area (Å²) in [5, 5.41) is 14.5. The highest BCUT2D eigenvalue weighted by molar-refractivity contribution is 5.81. The lowest BCUT2D eigenvalue weighted by Gasteiger charge is -2.07. The van der Waals surface area contributed by atoms with Gasteiger partial charge in [-0.2, -0.15) is 18.3 Å². The zero-order valence-electron chi connectivity index (χ0n) is 17.6. The molecule has 31 heavy (non-hydrogen) atoms. The highest BCUT2D eigenvalue weighted by Gasteiger charge is 2.38. The van der Waals surface area contributed by atoms with E-state index >= 15 is 0 Å². The summed E-state index contributed by atoms with van der Waals surface area (Å²) < 4.78 is 41.8. The molecule has 2 rings (SSSR count). The Balaban J connectivity index is 0.00000480. The molecule has 2 aromatic heterocycles. The predicted molar refractivity (Wildman–Crippen MR) is 104 cm³/mol. The highest BCUT2D eigenvalue weighted by Crippen LogP contribution is 2.23. The van der Waals surface area contributed by atoms with Crippen molar-refractivity contribution >= 4 is 23.4 Å². The molecule has 3 N–H and O–H groups in total. The van der Waals surface area contributed by atoms with Gasteiger partial charge in [-0.15, -0.1) is 0 Å². The van der Waals surface area contributed by atoms with Crippen LogP contribution in [0.3, 0.4) is 0 Å². The maximum absolute atomic E-state index is 12.2. The number of nitrogen functional groups attached to an aromatic ring is 1. The normalized spacial score (nSPS) is 11.6. The van der Waals surface area contributed by atoms with Gasteiger partial charge >= 0.3 is 18.0 Å². The van der Waals surface area contributed by atoms with Gasteiger partial charge in [0.15, 0.2) is 11.5 Å². The maximum atomic E-state index is 12.2. The minimum Gasteiger partial charge on any atom is -1.00 e. The van der Waals surface area contributed by atoms with Crippen LogP contribution in [-0.4, -0.2) is 33.0 Å². The monoisotopic (exact) mass is 508 g/mol. The third-order valence-electron chi connectivity index (χ3n) is 4.49. The Labute approximate surface area is 189 Å². The van der Waals surface area contributed by atoms with Crippen LogP contribution in [0.4, 0.5) is 30.6 Å². The van der Waals surface area contributed by atoms with E-state index in [4.69, 9.17) is 5.73 Å². The van der Waals surface area contributed by atoms with E-state index in [1.165, 1.54) is 6.42 Å². The fourth-order valence-electron chi connectivity index (χ4n) is 2.80. The van der Waals surface area contributed by atoms with Crippen molar-refractivity contribution in [3.8, 4) is 0 Å². The first-order chi connectivity index (χ1) is 14.2. The van der Waals surface area contributed by atoms with Crippen LogP contribution >= 0.6 is 0 Å². The van der Waals surface area contributed by atoms with Crippen molar-refractivity contribution in [1.29, 1.82) is 0 Å². The van der Waals surface area contributed by atoms with Gasteiger partial charge < -0.3 is 28.0 Å². The Morgan fingerprint density at radius 3 is 2.65 bits per heavy atom. The lowest BCUT2D eigenvalue weighted by molar-refractivity contribution is -0.657. The zero-order valence-corrected chi connectivity index (χ0v) is 19.2. The van der Waals surface area contributed by atoms with Crippen molar-refractivity contribution in [2.45, 2.75) is 58.3 Å². The van der Waals surface area contributed by atoms with Crippen molar-refractivity contribution in [3.63, 3.8) is 0 Å². The molecule has 174 valence electrons. The number of azo groups is 1. The Kier molecular flexibility index (Phi) is 10.7. The lowest BCUT2D eigenvalue weighted by atomic mass is 10.2. The van der Waals surface area contributed by atoms with Gasteiger partial charge in [-0.1, -0.05) is 31.3 Å². The minimum absolute atomic E-state index is 0. The van der Waals surface area contributed by atoms with Gasteiger partial charge in [0.05, 0.1) is 32.2 Å². The van der Waals surface area contributed by atoms with Crippen LogP contribution in [0, 0.1) is 0 Å². The predicted octanol–water partition coefficient (Wildman–Crippen LogP) is 0.160. The molecule has 9 nitrogen and oxygen atoms in total. The van der Waals surface area contributed by atoms with Gasteiger partial charge in [-0.25, -0.2) is 13.8 Å².